The van der Waals surface area contributed by atoms with E-state index in [1.165, 1.54) is 0 Å². The van der Waals surface area contributed by atoms with Gasteiger partial charge in [-0.2, -0.15) is 0 Å². The van der Waals surface area contributed by atoms with Crippen molar-refractivity contribution >= 4 is 11.9 Å². The lowest BCUT2D eigenvalue weighted by atomic mass is 10.1. The predicted octanol–water partition coefficient (Wildman–Crippen LogP) is 2.44. The highest BCUT2D eigenvalue weighted by Gasteiger charge is 2.33. The number of carbonyl (C=O) groups excluding carboxylic acids is 2. The number of nitrogens with zero attached hydrogens (tertiary/aromatic N) is 1. The van der Waals surface area contributed by atoms with E-state index in [-0.39, 0.29) is 24.0 Å². The van der Waals surface area contributed by atoms with Crippen molar-refractivity contribution in [1.29, 1.82) is 0 Å². The molecule has 0 radical (unpaired) electrons. The van der Waals surface area contributed by atoms with Gasteiger partial charge in [-0.15, -0.1) is 0 Å². The van der Waals surface area contributed by atoms with Crippen molar-refractivity contribution in [2.75, 3.05) is 6.54 Å². The van der Waals surface area contributed by atoms with Crippen LogP contribution in [0.5, 0.6) is 0 Å². The number of rotatable bonds is 5. The SMILES string of the molecule is CC(c1ccccc1)N1CC(NC(=O)NCc2ccco2)CC1=O. The van der Waals surface area contributed by atoms with Crippen LogP contribution in [0, 0.1) is 0 Å². The van der Waals surface area contributed by atoms with Crippen LogP contribution in [0.15, 0.2) is 53.1 Å². The van der Waals surface area contributed by atoms with Gasteiger partial charge >= 0.3 is 6.03 Å². The monoisotopic (exact) mass is 327 g/mol. The van der Waals surface area contributed by atoms with Crippen LogP contribution in [0.3, 0.4) is 0 Å². The van der Waals surface area contributed by atoms with Crippen LogP contribution in [0.2, 0.25) is 0 Å². The van der Waals surface area contributed by atoms with Gasteiger partial charge in [0.2, 0.25) is 5.91 Å². The van der Waals surface area contributed by atoms with Gasteiger partial charge in [0, 0.05) is 13.0 Å². The third kappa shape index (κ3) is 3.76. The van der Waals surface area contributed by atoms with Crippen molar-refractivity contribution in [3.05, 3.63) is 60.1 Å². The number of carbonyl (C=O) groups is 2. The molecule has 3 rings (SSSR count). The van der Waals surface area contributed by atoms with Gasteiger partial charge < -0.3 is 20.0 Å². The molecular weight excluding hydrogens is 306 g/mol. The Bertz CT molecular complexity index is 685. The van der Waals surface area contributed by atoms with Crippen molar-refractivity contribution in [3.8, 4) is 0 Å². The summed E-state index contributed by atoms with van der Waals surface area (Å²) in [6, 6.07) is 13.0. The van der Waals surface area contributed by atoms with Gasteiger partial charge in [0.25, 0.3) is 0 Å². The Balaban J connectivity index is 1.52. The summed E-state index contributed by atoms with van der Waals surface area (Å²) in [6.45, 7) is 2.85. The quantitative estimate of drug-likeness (QED) is 0.886. The fourth-order valence-electron chi connectivity index (χ4n) is 2.93. The molecule has 0 saturated carbocycles. The molecule has 2 aromatic rings. The summed E-state index contributed by atoms with van der Waals surface area (Å²) in [5.41, 5.74) is 1.09. The molecule has 3 amide bonds. The molecule has 1 fully saturated rings. The lowest BCUT2D eigenvalue weighted by molar-refractivity contribution is -0.129. The third-order valence-electron chi connectivity index (χ3n) is 4.25. The average molecular weight is 327 g/mol. The number of hydrogen-bond donors (Lipinski definition) is 2. The molecule has 0 aliphatic carbocycles. The summed E-state index contributed by atoms with van der Waals surface area (Å²) in [4.78, 5) is 26.0. The molecule has 1 aliphatic rings. The topological polar surface area (TPSA) is 74.6 Å². The van der Waals surface area contributed by atoms with Crippen LogP contribution in [-0.4, -0.2) is 29.4 Å². The Morgan fingerprint density at radius 3 is 2.79 bits per heavy atom. The standard InChI is InChI=1S/C18H21N3O3/c1-13(14-6-3-2-4-7-14)21-12-15(10-17(21)22)20-18(23)19-11-16-8-5-9-24-16/h2-9,13,15H,10-12H2,1H3,(H2,19,20,23). The van der Waals surface area contributed by atoms with E-state index >= 15 is 0 Å². The third-order valence-corrected chi connectivity index (χ3v) is 4.25. The van der Waals surface area contributed by atoms with E-state index in [0.717, 1.165) is 5.56 Å². The van der Waals surface area contributed by atoms with Gasteiger partial charge in [-0.05, 0) is 24.6 Å². The highest BCUT2D eigenvalue weighted by atomic mass is 16.3. The van der Waals surface area contributed by atoms with E-state index < -0.39 is 0 Å². The summed E-state index contributed by atoms with van der Waals surface area (Å²) in [5.74, 6) is 0.745. The zero-order valence-electron chi connectivity index (χ0n) is 13.6. The zero-order chi connectivity index (χ0) is 16.9. The van der Waals surface area contributed by atoms with E-state index in [1.54, 1.807) is 18.4 Å². The van der Waals surface area contributed by atoms with Crippen molar-refractivity contribution < 1.29 is 14.0 Å². The van der Waals surface area contributed by atoms with Crippen molar-refractivity contribution in [2.24, 2.45) is 0 Å². The van der Waals surface area contributed by atoms with E-state index in [2.05, 4.69) is 10.6 Å². The molecule has 0 bridgehead atoms. The van der Waals surface area contributed by atoms with Gasteiger partial charge in [0.15, 0.2) is 0 Å². The Morgan fingerprint density at radius 2 is 2.08 bits per heavy atom. The summed E-state index contributed by atoms with van der Waals surface area (Å²) < 4.78 is 5.16. The van der Waals surface area contributed by atoms with Crippen molar-refractivity contribution in [3.63, 3.8) is 0 Å². The van der Waals surface area contributed by atoms with Gasteiger partial charge in [-0.3, -0.25) is 4.79 Å². The minimum absolute atomic E-state index is 0.00307. The minimum atomic E-state index is -0.293. The van der Waals surface area contributed by atoms with E-state index in [9.17, 15) is 9.59 Å². The predicted molar refractivity (Wildman–Crippen MR) is 89.1 cm³/mol. The fraction of sp³-hybridized carbons (Fsp3) is 0.333. The fourth-order valence-corrected chi connectivity index (χ4v) is 2.93. The van der Waals surface area contributed by atoms with Gasteiger partial charge in [0.05, 0.1) is 24.9 Å². The molecule has 2 heterocycles. The summed E-state index contributed by atoms with van der Waals surface area (Å²) in [7, 11) is 0. The highest BCUT2D eigenvalue weighted by Crippen LogP contribution is 2.25. The van der Waals surface area contributed by atoms with Crippen LogP contribution < -0.4 is 10.6 Å². The highest BCUT2D eigenvalue weighted by molar-refractivity contribution is 5.82. The number of hydrogen-bond acceptors (Lipinski definition) is 3. The first-order chi connectivity index (χ1) is 11.6. The van der Waals surface area contributed by atoms with Crippen molar-refractivity contribution in [1.82, 2.24) is 15.5 Å². The molecular formula is C18H21N3O3. The number of benzene rings is 1. The summed E-state index contributed by atoms with van der Waals surface area (Å²) >= 11 is 0. The Morgan fingerprint density at radius 1 is 1.29 bits per heavy atom. The normalized spacial score (nSPS) is 18.5. The van der Waals surface area contributed by atoms with Crippen molar-refractivity contribution in [2.45, 2.75) is 32.0 Å². The van der Waals surface area contributed by atoms with Crippen LogP contribution in [0.1, 0.15) is 30.7 Å². The first kappa shape index (κ1) is 16.1. The average Bonchev–Trinajstić information content (AvgIpc) is 3.23. The molecule has 6 nitrogen and oxygen atoms in total. The Labute approximate surface area is 140 Å². The number of amides is 3. The van der Waals surface area contributed by atoms with E-state index in [4.69, 9.17) is 4.42 Å². The van der Waals surface area contributed by atoms with Gasteiger partial charge in [-0.25, -0.2) is 4.79 Å². The molecule has 2 unspecified atom stereocenters. The first-order valence-corrected chi connectivity index (χ1v) is 8.04. The van der Waals surface area contributed by atoms with Gasteiger partial charge in [0.1, 0.15) is 5.76 Å². The van der Waals surface area contributed by atoms with E-state index in [0.29, 0.717) is 25.3 Å². The maximum Gasteiger partial charge on any atom is 0.315 e. The molecule has 24 heavy (non-hydrogen) atoms. The van der Waals surface area contributed by atoms with E-state index in [1.807, 2.05) is 42.2 Å². The zero-order valence-corrected chi connectivity index (χ0v) is 13.6. The maximum absolute atomic E-state index is 12.3. The van der Waals surface area contributed by atoms with Crippen LogP contribution in [0.4, 0.5) is 4.79 Å². The minimum Gasteiger partial charge on any atom is -0.467 e. The second-order valence-electron chi connectivity index (χ2n) is 5.94. The largest absolute Gasteiger partial charge is 0.467 e. The maximum atomic E-state index is 12.3. The molecule has 126 valence electrons. The Kier molecular flexibility index (Phi) is 4.84. The molecule has 6 heteroatoms. The molecule has 1 aromatic carbocycles. The second-order valence-corrected chi connectivity index (χ2v) is 5.94. The molecule has 2 atom stereocenters. The van der Waals surface area contributed by atoms with Crippen LogP contribution in [0.25, 0.3) is 0 Å². The molecule has 1 aliphatic heterocycles. The molecule has 1 saturated heterocycles. The Hall–Kier alpha value is -2.76. The molecule has 0 spiro atoms. The lowest BCUT2D eigenvalue weighted by Gasteiger charge is -2.25. The second kappa shape index (κ2) is 7.21. The molecule has 1 aromatic heterocycles. The summed E-state index contributed by atoms with van der Waals surface area (Å²) in [6.07, 6.45) is 1.89. The van der Waals surface area contributed by atoms with Gasteiger partial charge in [-0.1, -0.05) is 30.3 Å². The number of furan rings is 1. The first-order valence-electron chi connectivity index (χ1n) is 8.04. The number of nitrogens with one attached hydrogen (secondary N) is 2. The van der Waals surface area contributed by atoms with Crippen LogP contribution in [-0.2, 0) is 11.3 Å². The lowest BCUT2D eigenvalue weighted by Crippen LogP contribution is -2.43. The summed E-state index contributed by atoms with van der Waals surface area (Å²) in [5, 5.41) is 5.58. The smallest absolute Gasteiger partial charge is 0.315 e. The number of urea groups is 1. The number of likely N-dealkylation sites (tertiary alicyclic amines) is 1. The van der Waals surface area contributed by atoms with Crippen LogP contribution >= 0.6 is 0 Å². The molecule has 2 N–H and O–H groups in total.